The number of nitrogens with one attached hydrogen (secondary N) is 6. The number of hydrogen-bond acceptors (Lipinski definition) is 55. The van der Waals surface area contributed by atoms with E-state index in [0.29, 0.717) is 0 Å². The minimum atomic E-state index is -2.77. The lowest BCUT2D eigenvalue weighted by atomic mass is 9.93. The lowest BCUT2D eigenvalue weighted by Gasteiger charge is -2.52. The molecule has 11 aliphatic rings. The van der Waals surface area contributed by atoms with Gasteiger partial charge in [-0.25, -0.2) is 0 Å². The van der Waals surface area contributed by atoms with Crippen molar-refractivity contribution in [3.8, 4) is 0 Å². The molecule has 11 saturated heterocycles. The summed E-state index contributed by atoms with van der Waals surface area (Å²) >= 11 is 0. The Hall–Kier alpha value is -5.14. The van der Waals surface area contributed by atoms with Crippen LogP contribution in [0, 0.1) is 0 Å². The highest BCUT2D eigenvalue weighted by molar-refractivity contribution is 5.75. The van der Waals surface area contributed by atoms with E-state index in [1.807, 2.05) is 0 Å². The lowest BCUT2D eigenvalue weighted by Crippen LogP contribution is -2.71. The number of aliphatic hydroxyl groups excluding tert-OH is 28. The van der Waals surface area contributed by atoms with E-state index in [1.165, 1.54) is 6.92 Å². The minimum absolute atomic E-state index is 0.840. The average Bonchev–Trinajstić information content (AvgIpc) is 0.758. The van der Waals surface area contributed by atoms with E-state index in [1.54, 1.807) is 0 Å². The molecule has 61 heteroatoms. The van der Waals surface area contributed by atoms with Crippen molar-refractivity contribution in [3.63, 3.8) is 0 Å². The third kappa shape index (κ3) is 26.0. The first-order valence-corrected chi connectivity index (χ1v) is 44.5. The maximum atomic E-state index is 13.5. The molecule has 139 heavy (non-hydrogen) atoms. The Morgan fingerprint density at radius 3 is 0.950 bits per heavy atom. The van der Waals surface area contributed by atoms with Gasteiger partial charge in [0.05, 0.1) is 72.2 Å². The zero-order valence-electron chi connectivity index (χ0n) is 75.4. The van der Waals surface area contributed by atoms with Crippen LogP contribution >= 0.6 is 0 Å². The van der Waals surface area contributed by atoms with E-state index >= 15 is 0 Å². The smallest absolute Gasteiger partial charge is 0.217 e. The van der Waals surface area contributed by atoms with Gasteiger partial charge in [-0.2, -0.15) is 0 Å². The predicted octanol–water partition coefficient (Wildman–Crippen LogP) is -23.1. The van der Waals surface area contributed by atoms with E-state index in [2.05, 4.69) is 31.9 Å². The van der Waals surface area contributed by atoms with Gasteiger partial charge in [0.25, 0.3) is 0 Å². The number of carbonyl (C=O) groups excluding carboxylic acids is 6. The number of aliphatic hydroxyl groups is 28. The first-order chi connectivity index (χ1) is 65.6. The van der Waals surface area contributed by atoms with Crippen LogP contribution in [0.2, 0.25) is 0 Å². The summed E-state index contributed by atoms with van der Waals surface area (Å²) < 4.78 is 127. The topological polar surface area (TPSA) is 935 Å². The van der Waals surface area contributed by atoms with Crippen molar-refractivity contribution in [1.29, 1.82) is 0 Å². The number of ether oxygens (including phenoxy) is 21. The van der Waals surface area contributed by atoms with Crippen LogP contribution in [-0.4, -0.2) is 582 Å². The fraction of sp³-hybridized carbons (Fsp3) is 0.923. The molecule has 34 N–H and O–H groups in total. The predicted molar refractivity (Wildman–Crippen MR) is 430 cm³/mol. The maximum Gasteiger partial charge on any atom is 0.217 e. The van der Waals surface area contributed by atoms with Crippen molar-refractivity contribution >= 4 is 35.4 Å². The Labute approximate surface area is 788 Å². The molecular weight excluding hydrogens is 1900 g/mol. The Kier molecular flexibility index (Phi) is 41.1. The second kappa shape index (κ2) is 50.0. The van der Waals surface area contributed by atoms with Gasteiger partial charge in [-0.15, -0.1) is 0 Å². The standard InChI is InChI=1S/C78H130N6O55/c1-18-41(98)54(111)57(114)74(122-18)120-17-34-63(52(109)35(68(118)123-34)79-19(2)92)134-72-39(83-23(6)96)53(110)61(30(13-90)129-72)135-76-60(117)65(48(105)33(131-76)16-121-77-66(138-70-37(81-21(4)94)50(107)43(100)26(9-86)125-70)56(113)46(103)32(132-77)15-119-69-36(80-20(3)93)49(106)42(99)25(8-85)124-69)137-78-67(139-71-38(82-22(5)95)51(108)44(101)27(10-87)126-71)59(116)62(31(14-91)130-78)133-73-40(84-24(7)97)64(47(104)29(12-89)127-73)136-75-58(115)55(112)45(102)28(11-88)128-75/h18,25-78,85-91,98-118H,8-17H2,1-7H3,(H,79,92)(H,80,93)(H,81,94)(H,82,95)(H,83,96)(H,84,97)/t18-,25+,26+,27+,28+,29+,30+,31+,32+,33+,34+,35+,36+,37+,38+,39+,40+,41+,42+,43+,44+,45-,46+,47+,48+,49+,50+,51+,52+,53+,54-,55-,56-,57-,58+,59-,60-,61+,62+,63+,64+,65-,66-,67-,68?,69+,70-,71-,72-,73-,74+,75-,76-,77-,78+/m0/s1. The summed E-state index contributed by atoms with van der Waals surface area (Å²) in [6, 6.07) is -11.5. The molecule has 0 aromatic carbocycles. The van der Waals surface area contributed by atoms with Gasteiger partial charge < -0.3 is 274 Å². The fourth-order valence-electron chi connectivity index (χ4n) is 18.0. The molecule has 0 saturated carbocycles. The van der Waals surface area contributed by atoms with Crippen molar-refractivity contribution in [2.45, 2.75) is 386 Å². The molecule has 6 amide bonds. The van der Waals surface area contributed by atoms with E-state index < -0.39 is 439 Å². The molecule has 11 aliphatic heterocycles. The van der Waals surface area contributed by atoms with Gasteiger partial charge in [0, 0.05) is 41.5 Å². The van der Waals surface area contributed by atoms with Gasteiger partial charge in [0.2, 0.25) is 35.4 Å². The number of amides is 6. The van der Waals surface area contributed by atoms with Crippen LogP contribution in [0.3, 0.4) is 0 Å². The summed E-state index contributed by atoms with van der Waals surface area (Å²) in [7, 11) is 0. The number of hydrogen-bond donors (Lipinski definition) is 34. The maximum absolute atomic E-state index is 13.5. The average molecular weight is 2030 g/mol. The molecule has 55 atom stereocenters. The van der Waals surface area contributed by atoms with E-state index in [4.69, 9.17) is 99.5 Å². The third-order valence-corrected chi connectivity index (χ3v) is 25.3. The molecule has 0 aromatic rings. The summed E-state index contributed by atoms with van der Waals surface area (Å²) in [6.45, 7) is -4.59. The third-order valence-electron chi connectivity index (χ3n) is 25.3. The Balaban J connectivity index is 0.999. The van der Waals surface area contributed by atoms with Gasteiger partial charge in [0.1, 0.15) is 262 Å². The van der Waals surface area contributed by atoms with Crippen LogP contribution in [0.25, 0.3) is 0 Å². The summed E-state index contributed by atoms with van der Waals surface area (Å²) in [4.78, 5) is 77.8. The summed E-state index contributed by atoms with van der Waals surface area (Å²) in [6.07, 6.45) is -105. The quantitative estimate of drug-likeness (QED) is 0.0277. The normalized spacial score (nSPS) is 48.3. The molecule has 0 spiro atoms. The summed E-state index contributed by atoms with van der Waals surface area (Å²) in [5.41, 5.74) is 0. The van der Waals surface area contributed by atoms with Crippen molar-refractivity contribution in [3.05, 3.63) is 0 Å². The largest absolute Gasteiger partial charge is 0.394 e. The van der Waals surface area contributed by atoms with Crippen LogP contribution in [0.15, 0.2) is 0 Å². The van der Waals surface area contributed by atoms with Crippen molar-refractivity contribution in [2.24, 2.45) is 0 Å². The molecule has 802 valence electrons. The number of carbonyl (C=O) groups is 6. The second-order valence-corrected chi connectivity index (χ2v) is 35.3. The van der Waals surface area contributed by atoms with Crippen molar-refractivity contribution < 1.29 is 271 Å². The molecular formula is C78H130N6O55. The zero-order valence-corrected chi connectivity index (χ0v) is 75.4. The van der Waals surface area contributed by atoms with E-state index in [0.717, 1.165) is 41.5 Å². The van der Waals surface area contributed by atoms with Gasteiger partial charge in [-0.3, -0.25) is 28.8 Å². The molecule has 61 nitrogen and oxygen atoms in total. The lowest BCUT2D eigenvalue weighted by molar-refractivity contribution is -0.404. The first-order valence-electron chi connectivity index (χ1n) is 44.5. The SMILES string of the molecule is CC(=O)N[C@H]1[C@H](O[C@H]2[C@H](O)[C@@H](NC(C)=O)C(O)O[C@@H]2CO[C@@H]2O[C@@H](C)[C@@H](O)[C@H](O)[C@@H]2O)O[C@H](CO)[C@@H](O[C@@H]2O[C@H](CO[C@H]3O[C@H](CO[C@@H]4O[C@H](CO)[C@@H](O)[C@H](O)[C@H]4NC(C)=O)[C@@H](O)[C@H](O)[C@@H]3O[C@@H]3O[C@H](CO)[C@@H](O)[C@H](O)[C@H]3NC(C)=O)[C@@H](O)[C@H](O[C@H]3O[C@H](CO)[C@@H](O[C@@H]4O[C@H](CO)[C@@H](O)[C@H](O[C@@H]5O[C@H](CO)[C@H](O)[C@H](O)[C@H]5O)[C@H]4NC(C)=O)[C@H](O)[C@@H]3O[C@@H]3O[C@H](CO)[C@@H](O)[C@H](O)[C@H]3NC(C)=O)[C@@H]2O)[C@@H]1O. The highest BCUT2D eigenvalue weighted by Gasteiger charge is 2.63. The molecule has 11 rings (SSSR count). The summed E-state index contributed by atoms with van der Waals surface area (Å²) in [5, 5.41) is 333. The van der Waals surface area contributed by atoms with Gasteiger partial charge in [0.15, 0.2) is 69.2 Å². The molecule has 0 bridgehead atoms. The molecule has 11 fully saturated rings. The van der Waals surface area contributed by atoms with Gasteiger partial charge >= 0.3 is 0 Å². The Morgan fingerprint density at radius 1 is 0.201 bits per heavy atom. The first kappa shape index (κ1) is 114. The molecule has 11 heterocycles. The molecule has 0 radical (unpaired) electrons. The second-order valence-electron chi connectivity index (χ2n) is 35.3. The van der Waals surface area contributed by atoms with Crippen LogP contribution in [0.5, 0.6) is 0 Å². The highest BCUT2D eigenvalue weighted by atomic mass is 16.8. The molecule has 0 aliphatic carbocycles. The monoisotopic (exact) mass is 2030 g/mol. The minimum Gasteiger partial charge on any atom is -0.394 e. The van der Waals surface area contributed by atoms with Crippen LogP contribution in [0.1, 0.15) is 48.5 Å². The number of rotatable bonds is 36. The van der Waals surface area contributed by atoms with Gasteiger partial charge in [-0.1, -0.05) is 0 Å². The Bertz CT molecular complexity index is 3900. The highest BCUT2D eigenvalue weighted by Crippen LogP contribution is 2.42. The molecule has 1 unspecified atom stereocenters. The zero-order chi connectivity index (χ0) is 102. The summed E-state index contributed by atoms with van der Waals surface area (Å²) in [5.74, 6) is -5.70. The van der Waals surface area contributed by atoms with E-state index in [-0.39, 0.29) is 0 Å². The van der Waals surface area contributed by atoms with Crippen LogP contribution in [0.4, 0.5) is 0 Å². The van der Waals surface area contributed by atoms with Crippen LogP contribution in [-0.2, 0) is 128 Å². The Morgan fingerprint density at radius 2 is 0.475 bits per heavy atom. The fourth-order valence-corrected chi connectivity index (χ4v) is 18.0. The van der Waals surface area contributed by atoms with E-state index in [9.17, 15) is 172 Å². The van der Waals surface area contributed by atoms with Gasteiger partial charge in [-0.05, 0) is 6.92 Å². The van der Waals surface area contributed by atoms with Crippen molar-refractivity contribution in [1.82, 2.24) is 31.9 Å². The molecule has 0 aromatic heterocycles. The van der Waals surface area contributed by atoms with Crippen LogP contribution < -0.4 is 31.9 Å². The van der Waals surface area contributed by atoms with Crippen molar-refractivity contribution in [2.75, 3.05) is 66.1 Å².